The smallest absolute Gasteiger partial charge is 0.416 e. The van der Waals surface area contributed by atoms with Gasteiger partial charge in [0.05, 0.1) is 28.5 Å². The summed E-state index contributed by atoms with van der Waals surface area (Å²) in [5.74, 6) is 0.323. The number of anilines is 1. The van der Waals surface area contributed by atoms with Crippen molar-refractivity contribution in [2.45, 2.75) is 39.9 Å². The predicted octanol–water partition coefficient (Wildman–Crippen LogP) is 5.77. The molecule has 6 nitrogen and oxygen atoms in total. The Balaban J connectivity index is 1.43. The molecule has 0 saturated carbocycles. The van der Waals surface area contributed by atoms with E-state index in [4.69, 9.17) is 4.42 Å². The van der Waals surface area contributed by atoms with Crippen molar-refractivity contribution in [1.29, 1.82) is 0 Å². The molecule has 1 aromatic carbocycles. The maximum Gasteiger partial charge on any atom is 0.416 e. The van der Waals surface area contributed by atoms with Crippen molar-refractivity contribution in [3.63, 3.8) is 0 Å². The number of furan rings is 1. The first-order valence-electron chi connectivity index (χ1n) is 10.1. The van der Waals surface area contributed by atoms with Crippen LogP contribution in [0.2, 0.25) is 0 Å². The van der Waals surface area contributed by atoms with E-state index >= 15 is 0 Å². The van der Waals surface area contributed by atoms with E-state index in [1.807, 2.05) is 19.9 Å². The molecule has 10 heteroatoms. The van der Waals surface area contributed by atoms with E-state index in [1.54, 1.807) is 29.8 Å². The molecular formula is C23H21F3N4O2S. The fraction of sp³-hybridized carbons (Fsp3) is 0.261. The number of thiazole rings is 1. The van der Waals surface area contributed by atoms with Crippen LogP contribution in [0.1, 0.15) is 49.5 Å². The fourth-order valence-corrected chi connectivity index (χ4v) is 4.40. The molecule has 1 N–H and O–H groups in total. The average molecular weight is 475 g/mol. The van der Waals surface area contributed by atoms with Crippen molar-refractivity contribution in [1.82, 2.24) is 14.8 Å². The van der Waals surface area contributed by atoms with E-state index in [9.17, 15) is 18.0 Å². The van der Waals surface area contributed by atoms with Gasteiger partial charge in [0.2, 0.25) is 0 Å². The number of benzene rings is 1. The molecule has 0 aliphatic heterocycles. The Morgan fingerprint density at radius 2 is 1.94 bits per heavy atom. The number of aromatic nitrogens is 3. The first-order valence-corrected chi connectivity index (χ1v) is 10.9. The number of halogens is 3. The van der Waals surface area contributed by atoms with E-state index in [1.165, 1.54) is 17.4 Å². The van der Waals surface area contributed by atoms with Crippen LogP contribution in [0, 0.1) is 20.8 Å². The van der Waals surface area contributed by atoms with Gasteiger partial charge >= 0.3 is 6.18 Å². The molecule has 4 rings (SSSR count). The lowest BCUT2D eigenvalue weighted by molar-refractivity contribution is -0.137. The summed E-state index contributed by atoms with van der Waals surface area (Å²) in [6.07, 6.45) is -4.16. The molecule has 0 spiro atoms. The van der Waals surface area contributed by atoms with Crippen LogP contribution in [-0.2, 0) is 19.1 Å². The minimum absolute atomic E-state index is 0.152. The number of aryl methyl sites for hydroxylation is 3. The molecule has 3 aromatic heterocycles. The lowest BCUT2D eigenvalue weighted by Crippen LogP contribution is -2.10. The molecule has 0 radical (unpaired) electrons. The maximum atomic E-state index is 12.9. The van der Waals surface area contributed by atoms with Gasteiger partial charge in [0.25, 0.3) is 5.91 Å². The summed E-state index contributed by atoms with van der Waals surface area (Å²) in [4.78, 5) is 17.1. The van der Waals surface area contributed by atoms with Gasteiger partial charge in [0.15, 0.2) is 5.76 Å². The van der Waals surface area contributed by atoms with Crippen molar-refractivity contribution in [3.8, 4) is 0 Å². The second kappa shape index (κ2) is 8.86. The van der Waals surface area contributed by atoms with Gasteiger partial charge in [-0.2, -0.15) is 18.3 Å². The average Bonchev–Trinajstić information content (AvgIpc) is 3.42. The molecule has 33 heavy (non-hydrogen) atoms. The second-order valence-corrected chi connectivity index (χ2v) is 8.79. The van der Waals surface area contributed by atoms with E-state index < -0.39 is 17.6 Å². The van der Waals surface area contributed by atoms with Crippen LogP contribution >= 0.6 is 11.3 Å². The highest BCUT2D eigenvalue weighted by atomic mass is 32.1. The van der Waals surface area contributed by atoms with Crippen molar-refractivity contribution in [2.24, 2.45) is 0 Å². The Hall–Kier alpha value is -3.40. The minimum atomic E-state index is -4.40. The minimum Gasteiger partial charge on any atom is -0.454 e. The molecule has 0 aliphatic rings. The molecular weight excluding hydrogens is 453 g/mol. The molecule has 3 heterocycles. The van der Waals surface area contributed by atoms with Crippen molar-refractivity contribution in [3.05, 3.63) is 87.2 Å². The largest absolute Gasteiger partial charge is 0.454 e. The van der Waals surface area contributed by atoms with Crippen molar-refractivity contribution in [2.75, 3.05) is 5.32 Å². The summed E-state index contributed by atoms with van der Waals surface area (Å²) in [7, 11) is 0. The van der Waals surface area contributed by atoms with Crippen LogP contribution in [0.5, 0.6) is 0 Å². The van der Waals surface area contributed by atoms with E-state index in [-0.39, 0.29) is 12.2 Å². The highest BCUT2D eigenvalue weighted by molar-refractivity contribution is 7.16. The Labute approximate surface area is 192 Å². The first-order chi connectivity index (χ1) is 15.6. The molecule has 0 fully saturated rings. The summed E-state index contributed by atoms with van der Waals surface area (Å²) in [6, 6.07) is 10.4. The molecule has 4 aromatic rings. The Morgan fingerprint density at radius 3 is 2.64 bits per heavy atom. The zero-order valence-corrected chi connectivity index (χ0v) is 19.0. The standard InChI is InChI=1S/C23H21F3N4O2S/c1-13-9-14(2)30(29-13)12-18-7-8-19(32-18)21(31)28-22-15(3)27-20(33-22)11-16-5-4-6-17(10-16)23(24,25)26/h4-10H,11-12H2,1-3H3,(H,28,31). The summed E-state index contributed by atoms with van der Waals surface area (Å²) < 4.78 is 46.3. The molecule has 0 saturated heterocycles. The molecule has 172 valence electrons. The Kier molecular flexibility index (Phi) is 6.11. The predicted molar refractivity (Wildman–Crippen MR) is 119 cm³/mol. The van der Waals surface area contributed by atoms with Crippen LogP contribution in [0.25, 0.3) is 0 Å². The number of hydrogen-bond donors (Lipinski definition) is 1. The normalized spacial score (nSPS) is 11.7. The number of rotatable bonds is 6. The van der Waals surface area contributed by atoms with Gasteiger partial charge in [-0.3, -0.25) is 9.48 Å². The second-order valence-electron chi connectivity index (χ2n) is 7.70. The van der Waals surface area contributed by atoms with E-state index in [0.717, 1.165) is 23.5 Å². The lowest BCUT2D eigenvalue weighted by Gasteiger charge is -2.07. The highest BCUT2D eigenvalue weighted by Crippen LogP contribution is 2.31. The highest BCUT2D eigenvalue weighted by Gasteiger charge is 2.30. The summed E-state index contributed by atoms with van der Waals surface area (Å²) in [5, 5.41) is 8.29. The van der Waals surface area contributed by atoms with Crippen LogP contribution < -0.4 is 5.32 Å². The van der Waals surface area contributed by atoms with Gasteiger partial charge in [0, 0.05) is 12.1 Å². The fourth-order valence-electron chi connectivity index (χ4n) is 3.41. The molecule has 0 bridgehead atoms. The third-order valence-corrected chi connectivity index (χ3v) is 6.04. The van der Waals surface area contributed by atoms with Gasteiger partial charge in [-0.25, -0.2) is 4.98 Å². The number of alkyl halides is 3. The van der Waals surface area contributed by atoms with Gasteiger partial charge in [-0.05, 0) is 50.6 Å². The van der Waals surface area contributed by atoms with Crippen LogP contribution in [-0.4, -0.2) is 20.7 Å². The summed E-state index contributed by atoms with van der Waals surface area (Å²) in [5.41, 5.74) is 2.28. The third-order valence-electron chi connectivity index (χ3n) is 4.97. The van der Waals surface area contributed by atoms with Gasteiger partial charge in [0.1, 0.15) is 10.8 Å². The SMILES string of the molecule is Cc1cc(C)n(Cc2ccc(C(=O)Nc3sc(Cc4cccc(C(F)(F)F)c4)nc3C)o2)n1. The van der Waals surface area contributed by atoms with Crippen molar-refractivity contribution < 1.29 is 22.4 Å². The monoisotopic (exact) mass is 474 g/mol. The number of nitrogens with one attached hydrogen (secondary N) is 1. The van der Waals surface area contributed by atoms with E-state index in [2.05, 4.69) is 15.4 Å². The third kappa shape index (κ3) is 5.33. The van der Waals surface area contributed by atoms with Gasteiger partial charge in [-0.1, -0.05) is 18.2 Å². The number of hydrogen-bond acceptors (Lipinski definition) is 5. The number of carbonyl (C=O) groups is 1. The van der Waals surface area contributed by atoms with Crippen LogP contribution in [0.3, 0.4) is 0 Å². The summed E-state index contributed by atoms with van der Waals surface area (Å²) in [6.45, 7) is 6.00. The Bertz CT molecular complexity index is 1300. The quantitative estimate of drug-likeness (QED) is 0.385. The number of amides is 1. The van der Waals surface area contributed by atoms with E-state index in [0.29, 0.717) is 33.6 Å². The molecule has 0 unspecified atom stereocenters. The number of nitrogens with zero attached hydrogens (tertiary/aromatic N) is 3. The number of carbonyl (C=O) groups excluding carboxylic acids is 1. The van der Waals surface area contributed by atoms with Crippen LogP contribution in [0.4, 0.5) is 18.2 Å². The topological polar surface area (TPSA) is 73.0 Å². The zero-order chi connectivity index (χ0) is 23.8. The van der Waals surface area contributed by atoms with Gasteiger partial charge < -0.3 is 9.73 Å². The summed E-state index contributed by atoms with van der Waals surface area (Å²) >= 11 is 1.22. The molecule has 0 aliphatic carbocycles. The molecule has 0 atom stereocenters. The zero-order valence-electron chi connectivity index (χ0n) is 18.2. The van der Waals surface area contributed by atoms with Gasteiger partial charge in [-0.15, -0.1) is 11.3 Å². The maximum absolute atomic E-state index is 12.9. The lowest BCUT2D eigenvalue weighted by atomic mass is 10.1. The van der Waals surface area contributed by atoms with Crippen LogP contribution in [0.15, 0.2) is 46.9 Å². The van der Waals surface area contributed by atoms with Crippen molar-refractivity contribution >= 4 is 22.2 Å². The first kappa shape index (κ1) is 22.8. The molecule has 1 amide bonds. The Morgan fingerprint density at radius 1 is 1.15 bits per heavy atom.